The molecule has 0 aromatic heterocycles. The summed E-state index contributed by atoms with van der Waals surface area (Å²) in [6, 6.07) is 4.67. The van der Waals surface area contributed by atoms with E-state index in [0.717, 1.165) is 31.2 Å². The van der Waals surface area contributed by atoms with Gasteiger partial charge in [-0.25, -0.2) is 4.39 Å². The highest BCUT2D eigenvalue weighted by Crippen LogP contribution is 2.40. The molecule has 1 aliphatic rings. The zero-order chi connectivity index (χ0) is 12.5. The first-order valence-electron chi connectivity index (χ1n) is 6.10. The molecule has 0 amide bonds. The molecule has 1 fully saturated rings. The highest BCUT2D eigenvalue weighted by molar-refractivity contribution is 6.01. The topological polar surface area (TPSA) is 43.1 Å². The first-order chi connectivity index (χ1) is 8.09. The van der Waals surface area contributed by atoms with Crippen LogP contribution in [0.4, 0.5) is 4.39 Å². The zero-order valence-corrected chi connectivity index (χ0v) is 10.1. The molecule has 92 valence electrons. The highest BCUT2D eigenvalue weighted by atomic mass is 19.1. The molecule has 17 heavy (non-hydrogen) atoms. The number of carbonyl (C=O) groups is 1. The van der Waals surface area contributed by atoms with Crippen molar-refractivity contribution in [3.05, 3.63) is 35.1 Å². The summed E-state index contributed by atoms with van der Waals surface area (Å²) in [4.78, 5) is 12.5. The Labute approximate surface area is 101 Å². The maximum absolute atomic E-state index is 13.7. The second kappa shape index (κ2) is 4.57. The van der Waals surface area contributed by atoms with Crippen molar-refractivity contribution in [3.8, 4) is 0 Å². The van der Waals surface area contributed by atoms with Crippen LogP contribution in [0.15, 0.2) is 18.2 Å². The minimum Gasteiger partial charge on any atom is -0.329 e. The Kier molecular flexibility index (Phi) is 3.29. The third-order valence-electron chi connectivity index (χ3n) is 3.80. The number of hydrogen-bond acceptors (Lipinski definition) is 2. The molecule has 0 unspecified atom stereocenters. The average molecular weight is 235 g/mol. The quantitative estimate of drug-likeness (QED) is 0.819. The number of aryl methyl sites for hydroxylation is 1. The molecule has 0 atom stereocenters. The summed E-state index contributed by atoms with van der Waals surface area (Å²) in [6.07, 6.45) is 3.60. The van der Waals surface area contributed by atoms with Crippen LogP contribution >= 0.6 is 0 Å². The van der Waals surface area contributed by atoms with Crippen LogP contribution in [-0.4, -0.2) is 12.3 Å². The summed E-state index contributed by atoms with van der Waals surface area (Å²) < 4.78 is 13.7. The number of halogens is 1. The van der Waals surface area contributed by atoms with Crippen molar-refractivity contribution < 1.29 is 9.18 Å². The first kappa shape index (κ1) is 12.2. The van der Waals surface area contributed by atoms with Gasteiger partial charge in [-0.3, -0.25) is 4.79 Å². The number of hydrogen-bond donors (Lipinski definition) is 1. The van der Waals surface area contributed by atoms with E-state index >= 15 is 0 Å². The third-order valence-corrected chi connectivity index (χ3v) is 3.80. The number of ketones is 1. The molecule has 0 aliphatic heterocycles. The third kappa shape index (κ3) is 2.12. The van der Waals surface area contributed by atoms with Gasteiger partial charge in [0.05, 0.1) is 5.56 Å². The molecule has 1 aromatic rings. The fourth-order valence-corrected chi connectivity index (χ4v) is 2.67. The standard InChI is InChI=1S/C14H18FNO/c1-10-4-5-12(15)11(8-10)13(17)14(9-16)6-2-3-7-14/h4-5,8H,2-3,6-7,9,16H2,1H3. The molecule has 1 aromatic carbocycles. The van der Waals surface area contributed by atoms with Crippen LogP contribution < -0.4 is 5.73 Å². The number of Topliss-reactive ketones (excluding diaryl/α,β-unsaturated/α-hetero) is 1. The normalized spacial score (nSPS) is 18.3. The molecule has 0 bridgehead atoms. The summed E-state index contributed by atoms with van der Waals surface area (Å²) in [6.45, 7) is 2.18. The molecular formula is C14H18FNO. The average Bonchev–Trinajstić information content (AvgIpc) is 2.81. The summed E-state index contributed by atoms with van der Waals surface area (Å²) in [5.74, 6) is -0.543. The molecule has 0 spiro atoms. The van der Waals surface area contributed by atoms with Crippen molar-refractivity contribution >= 4 is 5.78 Å². The highest BCUT2D eigenvalue weighted by Gasteiger charge is 2.40. The van der Waals surface area contributed by atoms with E-state index in [4.69, 9.17) is 5.73 Å². The molecule has 0 saturated heterocycles. The fraction of sp³-hybridized carbons (Fsp3) is 0.500. The molecule has 2 nitrogen and oxygen atoms in total. The van der Waals surface area contributed by atoms with E-state index in [1.807, 2.05) is 6.92 Å². The Morgan fingerprint density at radius 2 is 2.06 bits per heavy atom. The lowest BCUT2D eigenvalue weighted by Crippen LogP contribution is -2.36. The lowest BCUT2D eigenvalue weighted by molar-refractivity contribution is 0.0805. The summed E-state index contributed by atoms with van der Waals surface area (Å²) in [5.41, 5.74) is 6.34. The van der Waals surface area contributed by atoms with Crippen LogP contribution in [0.5, 0.6) is 0 Å². The molecule has 0 heterocycles. The minimum atomic E-state index is -0.519. The van der Waals surface area contributed by atoms with Crippen molar-refractivity contribution in [2.75, 3.05) is 6.54 Å². The van der Waals surface area contributed by atoms with Crippen molar-refractivity contribution in [2.24, 2.45) is 11.1 Å². The lowest BCUT2D eigenvalue weighted by Gasteiger charge is -2.25. The number of nitrogens with two attached hydrogens (primary N) is 1. The van der Waals surface area contributed by atoms with Gasteiger partial charge in [-0.1, -0.05) is 24.5 Å². The summed E-state index contributed by atoms with van der Waals surface area (Å²) in [5, 5.41) is 0. The lowest BCUT2D eigenvalue weighted by atomic mass is 9.78. The monoisotopic (exact) mass is 235 g/mol. The number of rotatable bonds is 3. The van der Waals surface area contributed by atoms with Crippen LogP contribution in [0.3, 0.4) is 0 Å². The minimum absolute atomic E-state index is 0.112. The maximum Gasteiger partial charge on any atom is 0.173 e. The largest absolute Gasteiger partial charge is 0.329 e. The van der Waals surface area contributed by atoms with Crippen molar-refractivity contribution in [3.63, 3.8) is 0 Å². The predicted molar refractivity (Wildman–Crippen MR) is 65.4 cm³/mol. The molecule has 2 N–H and O–H groups in total. The van der Waals surface area contributed by atoms with Gasteiger partial charge < -0.3 is 5.73 Å². The van der Waals surface area contributed by atoms with Gasteiger partial charge in [0, 0.05) is 12.0 Å². The van der Waals surface area contributed by atoms with Crippen LogP contribution in [0.25, 0.3) is 0 Å². The Morgan fingerprint density at radius 3 is 2.65 bits per heavy atom. The second-order valence-corrected chi connectivity index (χ2v) is 5.00. The molecule has 0 radical (unpaired) electrons. The van der Waals surface area contributed by atoms with E-state index in [1.54, 1.807) is 12.1 Å². The first-order valence-corrected chi connectivity index (χ1v) is 6.10. The summed E-state index contributed by atoms with van der Waals surface area (Å²) >= 11 is 0. The van der Waals surface area contributed by atoms with Gasteiger partial charge in [0.1, 0.15) is 5.82 Å². The van der Waals surface area contributed by atoms with E-state index in [1.165, 1.54) is 6.07 Å². The number of carbonyl (C=O) groups excluding carboxylic acids is 1. The molecule has 1 aliphatic carbocycles. The van der Waals surface area contributed by atoms with Crippen molar-refractivity contribution in [2.45, 2.75) is 32.6 Å². The number of benzene rings is 1. The van der Waals surface area contributed by atoms with Gasteiger partial charge in [-0.05, 0) is 31.9 Å². The predicted octanol–water partition coefficient (Wildman–Crippen LogP) is 2.84. The van der Waals surface area contributed by atoms with Gasteiger partial charge in [0.15, 0.2) is 5.78 Å². The van der Waals surface area contributed by atoms with Crippen LogP contribution in [-0.2, 0) is 0 Å². The van der Waals surface area contributed by atoms with Gasteiger partial charge >= 0.3 is 0 Å². The van der Waals surface area contributed by atoms with Crippen LogP contribution in [0, 0.1) is 18.2 Å². The smallest absolute Gasteiger partial charge is 0.173 e. The van der Waals surface area contributed by atoms with E-state index in [-0.39, 0.29) is 11.3 Å². The molecule has 3 heteroatoms. The Morgan fingerprint density at radius 1 is 1.41 bits per heavy atom. The molecule has 2 rings (SSSR count). The Balaban J connectivity index is 2.39. The fourth-order valence-electron chi connectivity index (χ4n) is 2.67. The van der Waals surface area contributed by atoms with Crippen LogP contribution in [0.1, 0.15) is 41.6 Å². The van der Waals surface area contributed by atoms with E-state index < -0.39 is 11.2 Å². The molecular weight excluding hydrogens is 217 g/mol. The van der Waals surface area contributed by atoms with Gasteiger partial charge in [-0.2, -0.15) is 0 Å². The van der Waals surface area contributed by atoms with Crippen molar-refractivity contribution in [1.82, 2.24) is 0 Å². The summed E-state index contributed by atoms with van der Waals surface area (Å²) in [7, 11) is 0. The SMILES string of the molecule is Cc1ccc(F)c(C(=O)C2(CN)CCCC2)c1. The van der Waals surface area contributed by atoms with E-state index in [0.29, 0.717) is 6.54 Å². The molecule has 1 saturated carbocycles. The van der Waals surface area contributed by atoms with Gasteiger partial charge in [0.25, 0.3) is 0 Å². The van der Waals surface area contributed by atoms with E-state index in [9.17, 15) is 9.18 Å². The van der Waals surface area contributed by atoms with Crippen LogP contribution in [0.2, 0.25) is 0 Å². The van der Waals surface area contributed by atoms with Gasteiger partial charge in [-0.15, -0.1) is 0 Å². The van der Waals surface area contributed by atoms with E-state index in [2.05, 4.69) is 0 Å². The Bertz CT molecular complexity index is 436. The Hall–Kier alpha value is -1.22. The van der Waals surface area contributed by atoms with Gasteiger partial charge in [0.2, 0.25) is 0 Å². The zero-order valence-electron chi connectivity index (χ0n) is 10.1. The maximum atomic E-state index is 13.7. The van der Waals surface area contributed by atoms with Crippen molar-refractivity contribution in [1.29, 1.82) is 0 Å². The second-order valence-electron chi connectivity index (χ2n) is 5.00.